The second-order valence-corrected chi connectivity index (χ2v) is 5.14. The van der Waals surface area contributed by atoms with Crippen molar-refractivity contribution < 1.29 is 9.90 Å². The van der Waals surface area contributed by atoms with Gasteiger partial charge in [0.05, 0.1) is 0 Å². The highest BCUT2D eigenvalue weighted by Crippen LogP contribution is 2.41. The molecule has 1 unspecified atom stereocenters. The molecule has 0 spiro atoms. The fourth-order valence-electron chi connectivity index (χ4n) is 2.11. The topological polar surface area (TPSA) is 37.3 Å². The number of hydrogen-bond acceptors (Lipinski definition) is 2. The van der Waals surface area contributed by atoms with E-state index in [1.54, 1.807) is 0 Å². The third kappa shape index (κ3) is 1.39. The molecule has 0 saturated heterocycles. The number of benzene rings is 2. The van der Waals surface area contributed by atoms with Gasteiger partial charge in [-0.1, -0.05) is 36.4 Å². The molecular weight excluding hydrogens is 220 g/mol. The van der Waals surface area contributed by atoms with Crippen LogP contribution in [0.3, 0.4) is 0 Å². The van der Waals surface area contributed by atoms with Crippen molar-refractivity contribution in [3.05, 3.63) is 42.0 Å². The van der Waals surface area contributed by atoms with Gasteiger partial charge in [0.1, 0.15) is 5.25 Å². The molecule has 0 amide bonds. The molecule has 3 heteroatoms. The number of rotatable bonds is 1. The lowest BCUT2D eigenvalue weighted by Gasteiger charge is -2.03. The van der Waals surface area contributed by atoms with E-state index in [4.69, 9.17) is 5.11 Å². The fourth-order valence-corrected chi connectivity index (χ4v) is 3.37. The van der Waals surface area contributed by atoms with E-state index < -0.39 is 5.97 Å². The smallest absolute Gasteiger partial charge is 0.317 e. The van der Waals surface area contributed by atoms with Crippen molar-refractivity contribution >= 4 is 28.5 Å². The molecule has 0 saturated carbocycles. The van der Waals surface area contributed by atoms with Gasteiger partial charge in [-0.05, 0) is 22.8 Å². The molecular formula is C13H10O2S. The highest BCUT2D eigenvalue weighted by Gasteiger charge is 2.28. The maximum Gasteiger partial charge on any atom is 0.317 e. The largest absolute Gasteiger partial charge is 0.480 e. The van der Waals surface area contributed by atoms with E-state index in [9.17, 15) is 4.79 Å². The third-order valence-electron chi connectivity index (χ3n) is 2.90. The van der Waals surface area contributed by atoms with Crippen LogP contribution in [0.4, 0.5) is 0 Å². The summed E-state index contributed by atoms with van der Waals surface area (Å²) in [7, 11) is 0. The molecule has 0 bridgehead atoms. The number of carboxylic acids is 1. The predicted octanol–water partition coefficient (Wildman–Crippen LogP) is 2.94. The molecule has 3 rings (SSSR count). The molecule has 1 aliphatic heterocycles. The average Bonchev–Trinajstić information content (AvgIpc) is 2.73. The SMILES string of the molecule is O=C(O)C1Cc2ccc3ccccc3c2S1. The Labute approximate surface area is 97.3 Å². The summed E-state index contributed by atoms with van der Waals surface area (Å²) in [6.07, 6.45) is 0.639. The quantitative estimate of drug-likeness (QED) is 0.818. The molecule has 80 valence electrons. The Balaban J connectivity index is 2.17. The second kappa shape index (κ2) is 3.52. The minimum absolute atomic E-state index is 0.319. The Morgan fingerprint density at radius 3 is 2.88 bits per heavy atom. The van der Waals surface area contributed by atoms with Gasteiger partial charge in [0, 0.05) is 4.90 Å². The molecule has 1 aliphatic rings. The summed E-state index contributed by atoms with van der Waals surface area (Å²) in [5.41, 5.74) is 1.16. The highest BCUT2D eigenvalue weighted by molar-refractivity contribution is 8.01. The van der Waals surface area contributed by atoms with Gasteiger partial charge in [-0.15, -0.1) is 11.8 Å². The van der Waals surface area contributed by atoms with Crippen molar-refractivity contribution in [1.82, 2.24) is 0 Å². The maximum atomic E-state index is 11.0. The van der Waals surface area contributed by atoms with Crippen LogP contribution in [-0.4, -0.2) is 16.3 Å². The lowest BCUT2D eigenvalue weighted by molar-refractivity contribution is -0.136. The fraction of sp³-hybridized carbons (Fsp3) is 0.154. The van der Waals surface area contributed by atoms with Gasteiger partial charge in [0.15, 0.2) is 0 Å². The molecule has 0 aliphatic carbocycles. The molecule has 2 nitrogen and oxygen atoms in total. The maximum absolute atomic E-state index is 11.0. The number of aliphatic carboxylic acids is 1. The van der Waals surface area contributed by atoms with E-state index in [1.165, 1.54) is 22.5 Å². The zero-order valence-electron chi connectivity index (χ0n) is 8.51. The van der Waals surface area contributed by atoms with Crippen LogP contribution in [-0.2, 0) is 11.2 Å². The van der Waals surface area contributed by atoms with Crippen molar-refractivity contribution in [3.8, 4) is 0 Å². The van der Waals surface area contributed by atoms with Crippen molar-refractivity contribution in [2.75, 3.05) is 0 Å². The first-order valence-corrected chi connectivity index (χ1v) is 6.04. The van der Waals surface area contributed by atoms with E-state index in [0.717, 1.165) is 10.5 Å². The van der Waals surface area contributed by atoms with Crippen LogP contribution in [0.1, 0.15) is 5.56 Å². The summed E-state index contributed by atoms with van der Waals surface area (Å²) in [5, 5.41) is 11.1. The molecule has 0 fully saturated rings. The minimum Gasteiger partial charge on any atom is -0.480 e. The first-order chi connectivity index (χ1) is 7.75. The molecule has 1 atom stereocenters. The van der Waals surface area contributed by atoms with Crippen LogP contribution >= 0.6 is 11.8 Å². The highest BCUT2D eigenvalue weighted by atomic mass is 32.2. The van der Waals surface area contributed by atoms with Gasteiger partial charge >= 0.3 is 5.97 Å². The van der Waals surface area contributed by atoms with Crippen molar-refractivity contribution in [1.29, 1.82) is 0 Å². The normalized spacial score (nSPS) is 18.6. The summed E-state index contributed by atoms with van der Waals surface area (Å²) < 4.78 is 0. The Morgan fingerprint density at radius 2 is 2.06 bits per heavy atom. The Kier molecular flexibility index (Phi) is 2.14. The Morgan fingerprint density at radius 1 is 1.25 bits per heavy atom. The summed E-state index contributed by atoms with van der Waals surface area (Å²) in [5.74, 6) is -0.717. The van der Waals surface area contributed by atoms with Crippen molar-refractivity contribution in [3.63, 3.8) is 0 Å². The minimum atomic E-state index is -0.717. The first kappa shape index (κ1) is 9.73. The lowest BCUT2D eigenvalue weighted by atomic mass is 10.0. The number of thioether (sulfide) groups is 1. The first-order valence-electron chi connectivity index (χ1n) is 5.16. The van der Waals surface area contributed by atoms with E-state index in [0.29, 0.717) is 6.42 Å². The number of hydrogen-bond donors (Lipinski definition) is 1. The summed E-state index contributed by atoms with van der Waals surface area (Å²) in [6, 6.07) is 12.2. The summed E-state index contributed by atoms with van der Waals surface area (Å²) in [4.78, 5) is 12.1. The van der Waals surface area contributed by atoms with E-state index in [-0.39, 0.29) is 5.25 Å². The predicted molar refractivity (Wildman–Crippen MR) is 64.9 cm³/mol. The van der Waals surface area contributed by atoms with Gasteiger partial charge in [0.25, 0.3) is 0 Å². The van der Waals surface area contributed by atoms with Crippen LogP contribution in [0.25, 0.3) is 10.8 Å². The number of carboxylic acid groups (broad SMARTS) is 1. The summed E-state index contributed by atoms with van der Waals surface area (Å²) >= 11 is 1.47. The molecule has 1 N–H and O–H groups in total. The molecule has 2 aromatic rings. The monoisotopic (exact) mass is 230 g/mol. The van der Waals surface area contributed by atoms with E-state index in [2.05, 4.69) is 18.2 Å². The van der Waals surface area contributed by atoms with Crippen LogP contribution in [0.2, 0.25) is 0 Å². The van der Waals surface area contributed by atoms with Gasteiger partial charge in [-0.25, -0.2) is 0 Å². The van der Waals surface area contributed by atoms with Crippen LogP contribution in [0.5, 0.6) is 0 Å². The van der Waals surface area contributed by atoms with Gasteiger partial charge in [-0.2, -0.15) is 0 Å². The van der Waals surface area contributed by atoms with Crippen LogP contribution < -0.4 is 0 Å². The standard InChI is InChI=1S/C13H10O2S/c14-13(15)11-7-9-6-5-8-3-1-2-4-10(8)12(9)16-11/h1-6,11H,7H2,(H,14,15). The molecule has 1 heterocycles. The molecule has 2 aromatic carbocycles. The van der Waals surface area contributed by atoms with Crippen LogP contribution in [0, 0.1) is 0 Å². The van der Waals surface area contributed by atoms with Crippen molar-refractivity contribution in [2.45, 2.75) is 16.6 Å². The third-order valence-corrected chi connectivity index (χ3v) is 4.27. The Bertz CT molecular complexity index is 577. The second-order valence-electron chi connectivity index (χ2n) is 3.92. The van der Waals surface area contributed by atoms with Gasteiger partial charge in [-0.3, -0.25) is 4.79 Å². The molecule has 16 heavy (non-hydrogen) atoms. The zero-order valence-corrected chi connectivity index (χ0v) is 9.33. The lowest BCUT2D eigenvalue weighted by Crippen LogP contribution is -2.14. The number of fused-ring (bicyclic) bond motifs is 3. The summed E-state index contributed by atoms with van der Waals surface area (Å²) in [6.45, 7) is 0. The van der Waals surface area contributed by atoms with Crippen molar-refractivity contribution in [2.24, 2.45) is 0 Å². The Hall–Kier alpha value is -1.48. The molecule has 0 radical (unpaired) electrons. The van der Waals surface area contributed by atoms with Crippen LogP contribution in [0.15, 0.2) is 41.3 Å². The number of carbonyl (C=O) groups is 1. The average molecular weight is 230 g/mol. The molecule has 0 aromatic heterocycles. The van der Waals surface area contributed by atoms with E-state index >= 15 is 0 Å². The zero-order chi connectivity index (χ0) is 11.1. The van der Waals surface area contributed by atoms with E-state index in [1.807, 2.05) is 18.2 Å². The van der Waals surface area contributed by atoms with Gasteiger partial charge < -0.3 is 5.11 Å². The van der Waals surface area contributed by atoms with Gasteiger partial charge in [0.2, 0.25) is 0 Å².